The average molecular weight is 420 g/mol. The molecule has 0 radical (unpaired) electrons. The third-order valence-corrected chi connectivity index (χ3v) is 4.62. The Morgan fingerprint density at radius 1 is 0.931 bits per heavy atom. The number of nitrogens with zero attached hydrogens (tertiary/aromatic N) is 1. The summed E-state index contributed by atoms with van der Waals surface area (Å²) in [4.78, 5) is 3.54. The summed E-state index contributed by atoms with van der Waals surface area (Å²) in [5.41, 5.74) is -2.22. The molecule has 1 atom stereocenters. The van der Waals surface area contributed by atoms with Crippen LogP contribution in [0.2, 0.25) is 0 Å². The Bertz CT molecular complexity index is 798. The van der Waals surface area contributed by atoms with E-state index in [1.807, 2.05) is 13.8 Å². The topological polar surface area (TPSA) is 45.1 Å². The van der Waals surface area contributed by atoms with E-state index in [9.17, 15) is 31.4 Å². The largest absolute Gasteiger partial charge is 0.433 e. The third-order valence-electron chi connectivity index (χ3n) is 4.62. The number of hydrogen-bond acceptors (Lipinski definition) is 3. The summed E-state index contributed by atoms with van der Waals surface area (Å²) in [6.07, 6.45) is -8.96. The van der Waals surface area contributed by atoms with Gasteiger partial charge in [-0.05, 0) is 42.7 Å². The zero-order valence-corrected chi connectivity index (χ0v) is 15.9. The van der Waals surface area contributed by atoms with Crippen LogP contribution in [0.3, 0.4) is 0 Å². The summed E-state index contributed by atoms with van der Waals surface area (Å²) in [6, 6.07) is 5.81. The molecule has 1 aromatic carbocycles. The lowest BCUT2D eigenvalue weighted by Gasteiger charge is -2.19. The number of nitrogens with one attached hydrogen (secondary N) is 1. The van der Waals surface area contributed by atoms with Crippen LogP contribution in [0.1, 0.15) is 49.6 Å². The minimum atomic E-state index is -4.76. The van der Waals surface area contributed by atoms with Crippen LogP contribution in [-0.2, 0) is 12.4 Å². The van der Waals surface area contributed by atoms with Crippen LogP contribution in [0.15, 0.2) is 36.4 Å². The molecule has 3 nitrogen and oxygen atoms in total. The van der Waals surface area contributed by atoms with Crippen molar-refractivity contribution in [1.29, 1.82) is 0 Å². The molecule has 2 N–H and O–H groups in total. The molecule has 2 rings (SSSR count). The van der Waals surface area contributed by atoms with Gasteiger partial charge in [0.05, 0.1) is 17.4 Å². The Balaban J connectivity index is 2.39. The number of aliphatic hydroxyl groups excluding tert-OH is 1. The van der Waals surface area contributed by atoms with Crippen LogP contribution in [0, 0.1) is 0 Å². The Morgan fingerprint density at radius 2 is 1.52 bits per heavy atom. The molecule has 0 aliphatic heterocycles. The summed E-state index contributed by atoms with van der Waals surface area (Å²) in [7, 11) is 0. The second kappa shape index (κ2) is 9.13. The molecule has 9 heteroatoms. The molecule has 1 unspecified atom stereocenters. The molecule has 160 valence electrons. The molecule has 0 saturated carbocycles. The molecule has 0 spiro atoms. The van der Waals surface area contributed by atoms with Crippen molar-refractivity contribution in [1.82, 2.24) is 10.3 Å². The quantitative estimate of drug-likeness (QED) is 0.574. The molecule has 1 aromatic heterocycles. The molecule has 0 aliphatic rings. The van der Waals surface area contributed by atoms with Gasteiger partial charge in [0.1, 0.15) is 5.69 Å². The predicted octanol–water partition coefficient (Wildman–Crippen LogP) is 5.60. The van der Waals surface area contributed by atoms with E-state index >= 15 is 0 Å². The summed E-state index contributed by atoms with van der Waals surface area (Å²) in [5, 5.41) is 13.4. The lowest BCUT2D eigenvalue weighted by Crippen LogP contribution is -2.31. The van der Waals surface area contributed by atoms with Crippen LogP contribution in [0.25, 0.3) is 11.3 Å². The average Bonchev–Trinajstić information content (AvgIpc) is 2.67. The highest BCUT2D eigenvalue weighted by Crippen LogP contribution is 2.34. The fourth-order valence-corrected chi connectivity index (χ4v) is 2.84. The highest BCUT2D eigenvalue weighted by Gasteiger charge is 2.34. The number of aliphatic hydroxyl groups is 1. The molecule has 2 aromatic rings. The molecule has 0 aliphatic carbocycles. The highest BCUT2D eigenvalue weighted by molar-refractivity contribution is 5.61. The lowest BCUT2D eigenvalue weighted by molar-refractivity contribution is -0.141. The lowest BCUT2D eigenvalue weighted by atomic mass is 10.0. The van der Waals surface area contributed by atoms with Crippen LogP contribution in [0.5, 0.6) is 0 Å². The molecular weight excluding hydrogens is 398 g/mol. The Kier molecular flexibility index (Phi) is 7.29. The van der Waals surface area contributed by atoms with Crippen molar-refractivity contribution < 1.29 is 31.4 Å². The number of pyridine rings is 1. The van der Waals surface area contributed by atoms with E-state index in [2.05, 4.69) is 10.3 Å². The summed E-state index contributed by atoms with van der Waals surface area (Å²) >= 11 is 0. The zero-order chi connectivity index (χ0) is 21.8. The minimum Gasteiger partial charge on any atom is -0.387 e. The number of alkyl halides is 6. The Labute approximate surface area is 164 Å². The maximum atomic E-state index is 13.3. The molecule has 0 bridgehead atoms. The van der Waals surface area contributed by atoms with Crippen LogP contribution < -0.4 is 5.32 Å². The smallest absolute Gasteiger partial charge is 0.387 e. The van der Waals surface area contributed by atoms with E-state index in [1.165, 1.54) is 6.07 Å². The second-order valence-corrected chi connectivity index (χ2v) is 6.68. The molecule has 0 amide bonds. The fourth-order valence-electron chi connectivity index (χ4n) is 2.84. The Morgan fingerprint density at radius 3 is 2.00 bits per heavy atom. The van der Waals surface area contributed by atoms with Gasteiger partial charge in [0, 0.05) is 18.2 Å². The van der Waals surface area contributed by atoms with E-state index in [1.54, 1.807) is 0 Å². The summed E-state index contributed by atoms with van der Waals surface area (Å²) < 4.78 is 77.9. The number of benzene rings is 1. The van der Waals surface area contributed by atoms with Crippen molar-refractivity contribution in [2.75, 3.05) is 6.54 Å². The van der Waals surface area contributed by atoms with Gasteiger partial charge < -0.3 is 10.4 Å². The number of hydrogen-bond donors (Lipinski definition) is 2. The van der Waals surface area contributed by atoms with Gasteiger partial charge in [-0.2, -0.15) is 26.3 Å². The predicted molar refractivity (Wildman–Crippen MR) is 97.0 cm³/mol. The van der Waals surface area contributed by atoms with Gasteiger partial charge in [0.15, 0.2) is 0 Å². The van der Waals surface area contributed by atoms with Crippen LogP contribution >= 0.6 is 0 Å². The molecule has 1 heterocycles. The van der Waals surface area contributed by atoms with Crippen molar-refractivity contribution in [2.24, 2.45) is 0 Å². The maximum absolute atomic E-state index is 13.3. The van der Waals surface area contributed by atoms with Gasteiger partial charge >= 0.3 is 12.4 Å². The van der Waals surface area contributed by atoms with E-state index in [0.717, 1.165) is 43.2 Å². The van der Waals surface area contributed by atoms with Gasteiger partial charge in [-0.15, -0.1) is 0 Å². The normalized spacial score (nSPS) is 13.7. The molecule has 29 heavy (non-hydrogen) atoms. The standard InChI is InChI=1S/C20H22F6N2O/c1-3-15(4-2)27-11-17(29)13-9-16(28-18(10-13)20(24,25)26)12-5-7-14(8-6-12)19(21,22)23/h5-10,15,17,27,29H,3-4,11H2,1-2H3. The van der Waals surface area contributed by atoms with E-state index in [0.29, 0.717) is 0 Å². The third kappa shape index (κ3) is 6.17. The first-order valence-electron chi connectivity index (χ1n) is 9.14. The number of rotatable bonds is 7. The highest BCUT2D eigenvalue weighted by atomic mass is 19.4. The fraction of sp³-hybridized carbons (Fsp3) is 0.450. The second-order valence-electron chi connectivity index (χ2n) is 6.68. The number of aromatic nitrogens is 1. The first-order valence-corrected chi connectivity index (χ1v) is 9.14. The maximum Gasteiger partial charge on any atom is 0.433 e. The van der Waals surface area contributed by atoms with E-state index < -0.39 is 29.7 Å². The van der Waals surface area contributed by atoms with Crippen molar-refractivity contribution >= 4 is 0 Å². The Hall–Kier alpha value is -2.13. The van der Waals surface area contributed by atoms with Crippen molar-refractivity contribution in [2.45, 2.75) is 51.2 Å². The van der Waals surface area contributed by atoms with Crippen molar-refractivity contribution in [3.63, 3.8) is 0 Å². The van der Waals surface area contributed by atoms with Crippen LogP contribution in [0.4, 0.5) is 26.3 Å². The summed E-state index contributed by atoms with van der Waals surface area (Å²) in [5.74, 6) is 0. The monoisotopic (exact) mass is 420 g/mol. The van der Waals surface area contributed by atoms with Crippen molar-refractivity contribution in [3.8, 4) is 11.3 Å². The zero-order valence-electron chi connectivity index (χ0n) is 15.9. The van der Waals surface area contributed by atoms with Gasteiger partial charge in [-0.3, -0.25) is 0 Å². The van der Waals surface area contributed by atoms with Crippen LogP contribution in [-0.4, -0.2) is 22.7 Å². The first-order chi connectivity index (χ1) is 13.5. The van der Waals surface area contributed by atoms with E-state index in [-0.39, 0.29) is 29.4 Å². The van der Waals surface area contributed by atoms with Gasteiger partial charge in [-0.25, -0.2) is 4.98 Å². The first kappa shape index (κ1) is 23.2. The minimum absolute atomic E-state index is 0.0133. The summed E-state index contributed by atoms with van der Waals surface area (Å²) in [6.45, 7) is 3.94. The SMILES string of the molecule is CCC(CC)NCC(O)c1cc(-c2ccc(C(F)(F)F)cc2)nc(C(F)(F)F)c1. The molecular formula is C20H22F6N2O. The van der Waals surface area contributed by atoms with Crippen molar-refractivity contribution in [3.05, 3.63) is 53.2 Å². The molecule has 0 fully saturated rings. The van der Waals surface area contributed by atoms with Gasteiger partial charge in [0.25, 0.3) is 0 Å². The van der Waals surface area contributed by atoms with Gasteiger partial charge in [0.2, 0.25) is 0 Å². The molecule has 0 saturated heterocycles. The van der Waals surface area contributed by atoms with E-state index in [4.69, 9.17) is 0 Å². The number of halogens is 6. The van der Waals surface area contributed by atoms with Gasteiger partial charge in [-0.1, -0.05) is 26.0 Å².